The number of aromatic nitrogens is 1. The second-order valence-corrected chi connectivity index (χ2v) is 5.81. The smallest absolute Gasteiger partial charge is 0.257 e. The van der Waals surface area contributed by atoms with Gasteiger partial charge in [0.25, 0.3) is 5.91 Å². The number of nitrogens with zero attached hydrogens (tertiary/aromatic N) is 1. The highest BCUT2D eigenvalue weighted by Gasteiger charge is 2.22. The van der Waals surface area contributed by atoms with Gasteiger partial charge in [-0.25, -0.2) is 0 Å². The van der Waals surface area contributed by atoms with Crippen molar-refractivity contribution in [2.45, 2.75) is 6.92 Å². The molecule has 0 radical (unpaired) electrons. The Bertz CT molecular complexity index is 662. The summed E-state index contributed by atoms with van der Waals surface area (Å²) in [6, 6.07) is 5.31. The highest BCUT2D eigenvalue weighted by atomic mass is 32.2. The van der Waals surface area contributed by atoms with Crippen LogP contribution in [0, 0.1) is 6.92 Å². The molecule has 0 aliphatic rings. The first-order valence-electron chi connectivity index (χ1n) is 7.07. The fourth-order valence-corrected chi connectivity index (χ4v) is 2.43. The van der Waals surface area contributed by atoms with Gasteiger partial charge < -0.3 is 19.3 Å². The van der Waals surface area contributed by atoms with Gasteiger partial charge >= 0.3 is 0 Å². The molecular formula is C16H20N2O4S. The monoisotopic (exact) mass is 336 g/mol. The number of nitrogens with one attached hydrogen (secondary N) is 1. The van der Waals surface area contributed by atoms with Crippen LogP contribution in [0.2, 0.25) is 0 Å². The highest BCUT2D eigenvalue weighted by Crippen LogP contribution is 2.32. The van der Waals surface area contributed by atoms with Gasteiger partial charge in [0.2, 0.25) is 0 Å². The van der Waals surface area contributed by atoms with Crippen molar-refractivity contribution < 1.29 is 18.8 Å². The maximum Gasteiger partial charge on any atom is 0.257 e. The van der Waals surface area contributed by atoms with E-state index in [1.807, 2.05) is 6.26 Å². The number of carbonyl (C=O) groups excluding carboxylic acids is 1. The van der Waals surface area contributed by atoms with Gasteiger partial charge in [-0.2, -0.15) is 11.8 Å². The standard InChI is InChI=1S/C16H20N2O4S/c1-10-14(16(19)17-5-6-23-4)15(22-18-10)11-7-12(20-2)9-13(8-11)21-3/h7-9H,5-6H2,1-4H3,(H,17,19). The van der Waals surface area contributed by atoms with Crippen molar-refractivity contribution in [3.63, 3.8) is 0 Å². The number of rotatable bonds is 7. The van der Waals surface area contributed by atoms with Crippen molar-refractivity contribution in [3.8, 4) is 22.8 Å². The summed E-state index contributed by atoms with van der Waals surface area (Å²) in [5.41, 5.74) is 1.65. The second kappa shape index (κ2) is 7.92. The molecule has 124 valence electrons. The molecule has 1 N–H and O–H groups in total. The third-order valence-electron chi connectivity index (χ3n) is 3.30. The van der Waals surface area contributed by atoms with Crippen LogP contribution in [-0.2, 0) is 0 Å². The molecule has 2 aromatic rings. The number of thioether (sulfide) groups is 1. The molecule has 1 aromatic heterocycles. The van der Waals surface area contributed by atoms with Crippen molar-refractivity contribution in [1.29, 1.82) is 0 Å². The van der Waals surface area contributed by atoms with E-state index in [1.165, 1.54) is 0 Å². The summed E-state index contributed by atoms with van der Waals surface area (Å²) in [5, 5.41) is 6.80. The summed E-state index contributed by atoms with van der Waals surface area (Å²) < 4.78 is 15.9. The summed E-state index contributed by atoms with van der Waals surface area (Å²) in [6.45, 7) is 2.33. The Labute approximate surface area is 139 Å². The number of hydrogen-bond acceptors (Lipinski definition) is 6. The first-order valence-corrected chi connectivity index (χ1v) is 8.47. The number of methoxy groups -OCH3 is 2. The molecule has 1 amide bonds. The molecule has 0 spiro atoms. The topological polar surface area (TPSA) is 73.6 Å². The van der Waals surface area contributed by atoms with E-state index in [-0.39, 0.29) is 5.91 Å². The Morgan fingerprint density at radius 1 is 1.26 bits per heavy atom. The zero-order chi connectivity index (χ0) is 16.8. The van der Waals surface area contributed by atoms with Crippen molar-refractivity contribution in [3.05, 3.63) is 29.5 Å². The minimum absolute atomic E-state index is 0.199. The molecule has 0 fully saturated rings. The molecular weight excluding hydrogens is 316 g/mol. The third-order valence-corrected chi connectivity index (χ3v) is 3.91. The van der Waals surface area contributed by atoms with Crippen LogP contribution in [-0.4, -0.2) is 43.8 Å². The van der Waals surface area contributed by atoms with Gasteiger partial charge in [0.15, 0.2) is 5.76 Å². The second-order valence-electron chi connectivity index (χ2n) is 4.82. The average Bonchev–Trinajstić information content (AvgIpc) is 2.96. The molecule has 0 atom stereocenters. The van der Waals surface area contributed by atoms with Gasteiger partial charge in [-0.15, -0.1) is 0 Å². The fourth-order valence-electron chi connectivity index (χ4n) is 2.13. The third kappa shape index (κ3) is 3.98. The highest BCUT2D eigenvalue weighted by molar-refractivity contribution is 7.98. The molecule has 2 rings (SSSR count). The minimum atomic E-state index is -0.199. The minimum Gasteiger partial charge on any atom is -0.497 e. The van der Waals surface area contributed by atoms with E-state index < -0.39 is 0 Å². The maximum atomic E-state index is 12.4. The Morgan fingerprint density at radius 3 is 2.48 bits per heavy atom. The largest absolute Gasteiger partial charge is 0.497 e. The summed E-state index contributed by atoms with van der Waals surface area (Å²) in [6.07, 6.45) is 1.99. The fraction of sp³-hybridized carbons (Fsp3) is 0.375. The molecule has 0 aliphatic heterocycles. The van der Waals surface area contributed by atoms with Crippen LogP contribution < -0.4 is 14.8 Å². The zero-order valence-electron chi connectivity index (χ0n) is 13.6. The van der Waals surface area contributed by atoms with Crippen LogP contribution >= 0.6 is 11.8 Å². The van der Waals surface area contributed by atoms with Gasteiger partial charge in [-0.05, 0) is 25.3 Å². The van der Waals surface area contributed by atoms with E-state index in [1.54, 1.807) is 51.1 Å². The Hall–Kier alpha value is -2.15. The van der Waals surface area contributed by atoms with E-state index in [2.05, 4.69) is 10.5 Å². The van der Waals surface area contributed by atoms with Crippen molar-refractivity contribution in [2.75, 3.05) is 32.8 Å². The van der Waals surface area contributed by atoms with Crippen LogP contribution in [0.3, 0.4) is 0 Å². The first kappa shape index (κ1) is 17.2. The predicted octanol–water partition coefficient (Wildman–Crippen LogP) is 2.76. The van der Waals surface area contributed by atoms with Crippen LogP contribution in [0.15, 0.2) is 22.7 Å². The van der Waals surface area contributed by atoms with E-state index in [0.29, 0.717) is 40.6 Å². The van der Waals surface area contributed by atoms with Gasteiger partial charge in [0.05, 0.1) is 19.9 Å². The lowest BCUT2D eigenvalue weighted by Crippen LogP contribution is -2.26. The van der Waals surface area contributed by atoms with Crippen LogP contribution in [0.5, 0.6) is 11.5 Å². The predicted molar refractivity (Wildman–Crippen MR) is 90.5 cm³/mol. The quantitative estimate of drug-likeness (QED) is 0.784. The van der Waals surface area contributed by atoms with Crippen LogP contribution in [0.1, 0.15) is 16.1 Å². The van der Waals surface area contributed by atoms with Gasteiger partial charge in [0.1, 0.15) is 17.1 Å². The lowest BCUT2D eigenvalue weighted by Gasteiger charge is -2.08. The lowest BCUT2D eigenvalue weighted by atomic mass is 10.1. The van der Waals surface area contributed by atoms with Crippen molar-refractivity contribution in [2.24, 2.45) is 0 Å². The molecule has 0 saturated carbocycles. The van der Waals surface area contributed by atoms with E-state index >= 15 is 0 Å². The summed E-state index contributed by atoms with van der Waals surface area (Å²) in [4.78, 5) is 12.4. The number of carbonyl (C=O) groups is 1. The first-order chi connectivity index (χ1) is 11.1. The number of amides is 1. The number of hydrogen-bond donors (Lipinski definition) is 1. The molecule has 0 saturated heterocycles. The molecule has 6 nitrogen and oxygen atoms in total. The summed E-state index contributed by atoms with van der Waals surface area (Å²) in [5.74, 6) is 2.28. The molecule has 0 bridgehead atoms. The maximum absolute atomic E-state index is 12.4. The molecule has 23 heavy (non-hydrogen) atoms. The normalized spacial score (nSPS) is 10.4. The number of aryl methyl sites for hydroxylation is 1. The summed E-state index contributed by atoms with van der Waals surface area (Å²) in [7, 11) is 3.14. The zero-order valence-corrected chi connectivity index (χ0v) is 14.5. The number of ether oxygens (including phenoxy) is 2. The number of benzene rings is 1. The molecule has 1 heterocycles. The molecule has 0 unspecified atom stereocenters. The van der Waals surface area contributed by atoms with Crippen molar-refractivity contribution >= 4 is 17.7 Å². The Balaban J connectivity index is 2.39. The van der Waals surface area contributed by atoms with Crippen molar-refractivity contribution in [1.82, 2.24) is 10.5 Å². The van der Waals surface area contributed by atoms with E-state index in [4.69, 9.17) is 14.0 Å². The molecule has 7 heteroatoms. The molecule has 1 aromatic carbocycles. The lowest BCUT2D eigenvalue weighted by molar-refractivity contribution is 0.0956. The van der Waals surface area contributed by atoms with Gasteiger partial charge in [-0.3, -0.25) is 4.79 Å². The van der Waals surface area contributed by atoms with E-state index in [0.717, 1.165) is 5.75 Å². The van der Waals surface area contributed by atoms with Crippen LogP contribution in [0.25, 0.3) is 11.3 Å². The van der Waals surface area contributed by atoms with Gasteiger partial charge in [-0.1, -0.05) is 5.16 Å². The summed E-state index contributed by atoms with van der Waals surface area (Å²) >= 11 is 1.67. The van der Waals surface area contributed by atoms with E-state index in [9.17, 15) is 4.79 Å². The molecule has 0 aliphatic carbocycles. The van der Waals surface area contributed by atoms with Gasteiger partial charge in [0, 0.05) is 23.9 Å². The SMILES string of the molecule is COc1cc(OC)cc(-c2onc(C)c2C(=O)NCCSC)c1. The Morgan fingerprint density at radius 2 is 1.91 bits per heavy atom. The Kier molecular flexibility index (Phi) is 5.92. The average molecular weight is 336 g/mol. The van der Waals surface area contributed by atoms with Crippen LogP contribution in [0.4, 0.5) is 0 Å².